The number of nitrogens with one attached hydrogen (secondary N) is 1. The van der Waals surface area contributed by atoms with Gasteiger partial charge in [-0.1, -0.05) is 6.07 Å². The second-order valence-electron chi connectivity index (χ2n) is 5.47. The van der Waals surface area contributed by atoms with Crippen molar-refractivity contribution in [2.75, 3.05) is 20.0 Å². The molecule has 0 unspecified atom stereocenters. The van der Waals surface area contributed by atoms with E-state index in [9.17, 15) is 0 Å². The Bertz CT molecular complexity index is 1060. The van der Waals surface area contributed by atoms with Crippen LogP contribution in [0.1, 0.15) is 0 Å². The normalized spacial score (nSPS) is 11.1. The summed E-state index contributed by atoms with van der Waals surface area (Å²) in [6.45, 7) is 0. The molecule has 0 atom stereocenters. The van der Waals surface area contributed by atoms with Crippen LogP contribution in [0.3, 0.4) is 0 Å². The molecule has 0 aliphatic heterocycles. The summed E-state index contributed by atoms with van der Waals surface area (Å²) in [5.41, 5.74) is 9.52. The van der Waals surface area contributed by atoms with Gasteiger partial charge in [0.05, 0.1) is 25.9 Å². The zero-order valence-corrected chi connectivity index (χ0v) is 13.3. The van der Waals surface area contributed by atoms with Crippen molar-refractivity contribution in [3.63, 3.8) is 0 Å². The quantitative estimate of drug-likeness (QED) is 0.604. The lowest BCUT2D eigenvalue weighted by Gasteiger charge is -2.09. The van der Waals surface area contributed by atoms with Crippen molar-refractivity contribution in [2.24, 2.45) is 0 Å². The number of nitrogens with two attached hydrogens (primary N) is 1. The molecule has 4 rings (SSSR count). The fraction of sp³-hybridized carbons (Fsp3) is 0.111. The summed E-state index contributed by atoms with van der Waals surface area (Å²) in [5.74, 6) is 1.86. The van der Waals surface area contributed by atoms with Gasteiger partial charge in [0, 0.05) is 22.5 Å². The van der Waals surface area contributed by atoms with Gasteiger partial charge in [0.2, 0.25) is 0 Å². The molecular weight excluding hydrogens is 304 g/mol. The van der Waals surface area contributed by atoms with Gasteiger partial charge in [-0.25, -0.2) is 9.97 Å². The number of benzene rings is 1. The molecule has 6 heteroatoms. The van der Waals surface area contributed by atoms with Crippen LogP contribution in [0.4, 0.5) is 5.82 Å². The molecular formula is C18H16N4O2. The fourth-order valence-corrected chi connectivity index (χ4v) is 2.86. The number of aromatic nitrogens is 3. The molecule has 0 aliphatic rings. The van der Waals surface area contributed by atoms with E-state index in [-0.39, 0.29) is 0 Å². The first-order valence-electron chi connectivity index (χ1n) is 7.45. The molecule has 4 aromatic rings. The van der Waals surface area contributed by atoms with Crippen LogP contribution in [0.25, 0.3) is 33.1 Å². The smallest absolute Gasteiger partial charge is 0.161 e. The second kappa shape index (κ2) is 5.42. The Morgan fingerprint density at radius 2 is 1.71 bits per heavy atom. The molecule has 3 heterocycles. The average molecular weight is 320 g/mol. The summed E-state index contributed by atoms with van der Waals surface area (Å²) in [7, 11) is 3.24. The molecule has 24 heavy (non-hydrogen) atoms. The van der Waals surface area contributed by atoms with Crippen LogP contribution in [0.2, 0.25) is 0 Å². The molecule has 6 nitrogen and oxygen atoms in total. The summed E-state index contributed by atoms with van der Waals surface area (Å²) in [6.07, 6.45) is 3.55. The van der Waals surface area contributed by atoms with Gasteiger partial charge in [0.1, 0.15) is 11.5 Å². The van der Waals surface area contributed by atoms with E-state index in [4.69, 9.17) is 15.2 Å². The number of methoxy groups -OCH3 is 2. The Kier molecular flexibility index (Phi) is 3.23. The van der Waals surface area contributed by atoms with E-state index >= 15 is 0 Å². The van der Waals surface area contributed by atoms with Crippen molar-refractivity contribution in [1.82, 2.24) is 15.0 Å². The molecule has 0 radical (unpaired) electrons. The number of nitrogen functional groups attached to an aromatic ring is 1. The Balaban J connectivity index is 1.91. The molecule has 0 saturated heterocycles. The topological polar surface area (TPSA) is 86.0 Å². The maximum atomic E-state index is 5.82. The van der Waals surface area contributed by atoms with Crippen LogP contribution in [0.5, 0.6) is 11.5 Å². The highest BCUT2D eigenvalue weighted by atomic mass is 16.5. The molecule has 0 bridgehead atoms. The molecule has 3 N–H and O–H groups in total. The summed E-state index contributed by atoms with van der Waals surface area (Å²) >= 11 is 0. The lowest BCUT2D eigenvalue weighted by molar-refractivity contribution is 0.355. The molecule has 3 aromatic heterocycles. The first kappa shape index (κ1) is 14.3. The number of hydrogen-bond donors (Lipinski definition) is 2. The molecule has 0 saturated carbocycles. The van der Waals surface area contributed by atoms with Crippen LogP contribution < -0.4 is 15.2 Å². The van der Waals surface area contributed by atoms with Gasteiger partial charge in [-0.2, -0.15) is 0 Å². The van der Waals surface area contributed by atoms with Crippen LogP contribution in [0.15, 0.2) is 42.7 Å². The third kappa shape index (κ3) is 2.20. The number of rotatable bonds is 3. The number of H-pyrrole nitrogens is 1. The maximum absolute atomic E-state index is 5.82. The molecule has 120 valence electrons. The first-order valence-corrected chi connectivity index (χ1v) is 7.45. The Morgan fingerprint density at radius 3 is 2.50 bits per heavy atom. The number of aromatic amines is 1. The lowest BCUT2D eigenvalue weighted by Crippen LogP contribution is -1.91. The van der Waals surface area contributed by atoms with Gasteiger partial charge < -0.3 is 20.2 Å². The molecule has 0 spiro atoms. The summed E-state index contributed by atoms with van der Waals surface area (Å²) in [5, 5.41) is 2.01. The predicted molar refractivity (Wildman–Crippen MR) is 94.3 cm³/mol. The number of ether oxygens (including phenoxy) is 2. The number of anilines is 1. The molecule has 0 amide bonds. The highest BCUT2D eigenvalue weighted by molar-refractivity contribution is 6.07. The Labute approximate surface area is 138 Å². The van der Waals surface area contributed by atoms with Gasteiger partial charge >= 0.3 is 0 Å². The highest BCUT2D eigenvalue weighted by Crippen LogP contribution is 2.34. The van der Waals surface area contributed by atoms with Crippen molar-refractivity contribution < 1.29 is 9.47 Å². The van der Waals surface area contributed by atoms with Gasteiger partial charge in [-0.05, 0) is 29.8 Å². The summed E-state index contributed by atoms with van der Waals surface area (Å²) in [4.78, 5) is 11.9. The summed E-state index contributed by atoms with van der Waals surface area (Å²) in [6, 6.07) is 9.74. The van der Waals surface area contributed by atoms with E-state index in [2.05, 4.69) is 21.0 Å². The van der Waals surface area contributed by atoms with E-state index in [1.54, 1.807) is 20.4 Å². The van der Waals surface area contributed by atoms with E-state index in [0.29, 0.717) is 17.3 Å². The standard InChI is InChI=1S/C18H16N4O2/c1-23-15-4-3-10(6-16(15)24-2)11-5-13-12-7-17(19)20-9-14(12)22-18(13)21-8-11/h3-9H,1-2H3,(H2,19,20)(H,21,22). The maximum Gasteiger partial charge on any atom is 0.161 e. The van der Waals surface area contributed by atoms with Crippen molar-refractivity contribution in [1.29, 1.82) is 0 Å². The Morgan fingerprint density at radius 1 is 0.875 bits per heavy atom. The molecule has 0 aliphatic carbocycles. The number of pyridine rings is 2. The van der Waals surface area contributed by atoms with E-state index in [1.165, 1.54) is 0 Å². The highest BCUT2D eigenvalue weighted by Gasteiger charge is 2.10. The average Bonchev–Trinajstić information content (AvgIpc) is 2.98. The zero-order valence-electron chi connectivity index (χ0n) is 13.3. The minimum Gasteiger partial charge on any atom is -0.493 e. The number of hydrogen-bond acceptors (Lipinski definition) is 5. The van der Waals surface area contributed by atoms with Gasteiger partial charge in [-0.3, -0.25) is 0 Å². The second-order valence-corrected chi connectivity index (χ2v) is 5.47. The third-order valence-corrected chi connectivity index (χ3v) is 4.07. The van der Waals surface area contributed by atoms with Gasteiger partial charge in [0.15, 0.2) is 11.5 Å². The molecule has 0 fully saturated rings. The Hall–Kier alpha value is -3.28. The van der Waals surface area contributed by atoms with Crippen LogP contribution >= 0.6 is 0 Å². The number of fused-ring (bicyclic) bond motifs is 3. The fourth-order valence-electron chi connectivity index (χ4n) is 2.86. The minimum absolute atomic E-state index is 0.486. The zero-order chi connectivity index (χ0) is 16.7. The van der Waals surface area contributed by atoms with Crippen LogP contribution in [-0.2, 0) is 0 Å². The van der Waals surface area contributed by atoms with E-state index in [0.717, 1.165) is 33.1 Å². The third-order valence-electron chi connectivity index (χ3n) is 4.07. The van der Waals surface area contributed by atoms with Gasteiger partial charge in [-0.15, -0.1) is 0 Å². The minimum atomic E-state index is 0.486. The lowest BCUT2D eigenvalue weighted by atomic mass is 10.1. The van der Waals surface area contributed by atoms with Crippen molar-refractivity contribution >= 4 is 27.8 Å². The number of nitrogens with zero attached hydrogens (tertiary/aromatic N) is 2. The van der Waals surface area contributed by atoms with Crippen molar-refractivity contribution in [3.05, 3.63) is 42.7 Å². The first-order chi connectivity index (χ1) is 11.7. The van der Waals surface area contributed by atoms with Crippen molar-refractivity contribution in [2.45, 2.75) is 0 Å². The van der Waals surface area contributed by atoms with Crippen molar-refractivity contribution in [3.8, 4) is 22.6 Å². The largest absolute Gasteiger partial charge is 0.493 e. The predicted octanol–water partition coefficient (Wildman–Crippen LogP) is 3.38. The van der Waals surface area contributed by atoms with Crippen LogP contribution in [0, 0.1) is 0 Å². The summed E-state index contributed by atoms with van der Waals surface area (Å²) < 4.78 is 10.7. The molecule has 1 aromatic carbocycles. The van der Waals surface area contributed by atoms with Gasteiger partial charge in [0.25, 0.3) is 0 Å². The van der Waals surface area contributed by atoms with E-state index in [1.807, 2.05) is 30.5 Å². The van der Waals surface area contributed by atoms with Crippen LogP contribution in [-0.4, -0.2) is 29.2 Å². The monoisotopic (exact) mass is 320 g/mol. The van der Waals surface area contributed by atoms with E-state index < -0.39 is 0 Å². The SMILES string of the molecule is COc1ccc(-c2cnc3[nH]c4cnc(N)cc4c3c2)cc1OC.